The molecule has 7 heteroatoms. The van der Waals surface area contributed by atoms with Gasteiger partial charge in [-0.3, -0.25) is 0 Å². The second-order valence-electron chi connectivity index (χ2n) is 5.48. The average Bonchev–Trinajstić information content (AvgIpc) is 3.03. The van der Waals surface area contributed by atoms with E-state index in [0.717, 1.165) is 12.1 Å². The van der Waals surface area contributed by atoms with Gasteiger partial charge in [-0.2, -0.15) is 10.1 Å². The van der Waals surface area contributed by atoms with E-state index >= 15 is 0 Å². The smallest absolute Gasteiger partial charge is 0.338 e. The fourth-order valence-corrected chi connectivity index (χ4v) is 2.91. The van der Waals surface area contributed by atoms with Crippen molar-refractivity contribution >= 4 is 11.9 Å². The van der Waals surface area contributed by atoms with Gasteiger partial charge in [0.15, 0.2) is 0 Å². The number of benzene rings is 1. The number of carbonyl (C=O) groups is 1. The first-order chi connectivity index (χ1) is 11.7. The van der Waals surface area contributed by atoms with Crippen molar-refractivity contribution in [1.82, 2.24) is 14.8 Å². The molecule has 1 unspecified atom stereocenters. The highest BCUT2D eigenvalue weighted by Crippen LogP contribution is 2.39. The molecule has 0 spiro atoms. The summed E-state index contributed by atoms with van der Waals surface area (Å²) >= 11 is 0. The number of hydrogen-bond donors (Lipinski definition) is 2. The van der Waals surface area contributed by atoms with E-state index in [4.69, 9.17) is 4.74 Å². The summed E-state index contributed by atoms with van der Waals surface area (Å²) < 4.78 is 6.86. The van der Waals surface area contributed by atoms with Crippen LogP contribution in [0.2, 0.25) is 0 Å². The quantitative estimate of drug-likeness (QED) is 0.820. The molecule has 2 heterocycles. The van der Waals surface area contributed by atoms with Crippen molar-refractivity contribution in [3.05, 3.63) is 47.4 Å². The Kier molecular flexibility index (Phi) is 4.50. The highest BCUT2D eigenvalue weighted by Gasteiger charge is 2.36. The van der Waals surface area contributed by atoms with E-state index in [-0.39, 0.29) is 12.4 Å². The van der Waals surface area contributed by atoms with E-state index in [1.807, 2.05) is 13.0 Å². The zero-order chi connectivity index (χ0) is 17.1. The van der Waals surface area contributed by atoms with Crippen LogP contribution in [0.15, 0.2) is 41.9 Å². The second kappa shape index (κ2) is 6.74. The Hall–Kier alpha value is -2.83. The van der Waals surface area contributed by atoms with Gasteiger partial charge in [0, 0.05) is 11.3 Å². The molecule has 7 nitrogen and oxygen atoms in total. The molecule has 0 aliphatic carbocycles. The van der Waals surface area contributed by atoms with Crippen LogP contribution < -0.4 is 5.32 Å². The number of esters is 1. The molecule has 0 radical (unpaired) electrons. The predicted octanol–water partition coefficient (Wildman–Crippen LogP) is 2.62. The van der Waals surface area contributed by atoms with Gasteiger partial charge in [-0.05, 0) is 19.4 Å². The number of nitrogens with zero attached hydrogens (tertiary/aromatic N) is 3. The summed E-state index contributed by atoms with van der Waals surface area (Å²) in [5.41, 5.74) is 1.80. The van der Waals surface area contributed by atoms with Gasteiger partial charge < -0.3 is 15.2 Å². The van der Waals surface area contributed by atoms with E-state index < -0.39 is 12.0 Å². The van der Waals surface area contributed by atoms with Crippen molar-refractivity contribution in [1.29, 1.82) is 0 Å². The number of phenolic OH excluding ortho intramolecular Hbond substituents is 1. The maximum absolute atomic E-state index is 12.6. The minimum absolute atomic E-state index is 0.100. The summed E-state index contributed by atoms with van der Waals surface area (Å²) in [5, 5.41) is 17.7. The summed E-state index contributed by atoms with van der Waals surface area (Å²) in [6.07, 6.45) is 2.95. The topological polar surface area (TPSA) is 89.3 Å². The lowest BCUT2D eigenvalue weighted by Crippen LogP contribution is -2.30. The first-order valence-corrected chi connectivity index (χ1v) is 8.01. The third-order valence-electron chi connectivity index (χ3n) is 3.91. The van der Waals surface area contributed by atoms with Gasteiger partial charge >= 0.3 is 5.97 Å². The van der Waals surface area contributed by atoms with Crippen molar-refractivity contribution in [2.75, 3.05) is 11.9 Å². The molecule has 2 aromatic rings. The fourth-order valence-electron chi connectivity index (χ4n) is 2.91. The lowest BCUT2D eigenvalue weighted by molar-refractivity contribution is -0.139. The lowest BCUT2D eigenvalue weighted by Gasteiger charge is -2.29. The van der Waals surface area contributed by atoms with E-state index in [1.165, 1.54) is 6.33 Å². The maximum atomic E-state index is 12.6. The Morgan fingerprint density at radius 2 is 2.17 bits per heavy atom. The molecule has 0 fully saturated rings. The number of aromatic nitrogens is 3. The first kappa shape index (κ1) is 16.0. The van der Waals surface area contributed by atoms with Gasteiger partial charge in [-0.1, -0.05) is 31.5 Å². The summed E-state index contributed by atoms with van der Waals surface area (Å²) in [6, 6.07) is 6.35. The fraction of sp³-hybridized carbons (Fsp3) is 0.353. The second-order valence-corrected chi connectivity index (χ2v) is 5.48. The molecule has 1 aromatic carbocycles. The van der Waals surface area contributed by atoms with E-state index in [1.54, 1.807) is 29.8 Å². The summed E-state index contributed by atoms with van der Waals surface area (Å²) in [6.45, 7) is 4.08. The molecule has 1 aromatic heterocycles. The zero-order valence-corrected chi connectivity index (χ0v) is 13.7. The maximum Gasteiger partial charge on any atom is 0.338 e. The molecule has 0 saturated carbocycles. The van der Waals surface area contributed by atoms with Crippen LogP contribution in [0, 0.1) is 0 Å². The SMILES string of the molecule is CCCC1=C(C(=O)OCC)C(c2ccccc2O)n2ncnc2N1. The molecule has 1 aliphatic heterocycles. The standard InChI is InChI=1S/C17H20N4O3/c1-3-7-12-14(16(23)24-4-2)15(11-8-5-6-9-13(11)22)21-17(20-12)18-10-19-21/h5-6,8-10,15,22H,3-4,7H2,1-2H3,(H,18,19,20). The monoisotopic (exact) mass is 328 g/mol. The van der Waals surface area contributed by atoms with Crippen molar-refractivity contribution in [2.24, 2.45) is 0 Å². The highest BCUT2D eigenvalue weighted by molar-refractivity contribution is 5.92. The Balaban J connectivity index is 2.20. The zero-order valence-electron chi connectivity index (χ0n) is 13.7. The average molecular weight is 328 g/mol. The molecule has 24 heavy (non-hydrogen) atoms. The Bertz CT molecular complexity index is 782. The van der Waals surface area contributed by atoms with Gasteiger partial charge in [0.25, 0.3) is 0 Å². The van der Waals surface area contributed by atoms with Crippen LogP contribution in [0.3, 0.4) is 0 Å². The van der Waals surface area contributed by atoms with Crippen molar-refractivity contribution < 1.29 is 14.6 Å². The molecule has 126 valence electrons. The van der Waals surface area contributed by atoms with Crippen LogP contribution in [0.4, 0.5) is 5.95 Å². The molecule has 0 amide bonds. The third-order valence-corrected chi connectivity index (χ3v) is 3.91. The van der Waals surface area contributed by atoms with Gasteiger partial charge in [0.05, 0.1) is 12.2 Å². The largest absolute Gasteiger partial charge is 0.508 e. The van der Waals surface area contributed by atoms with Crippen LogP contribution in [-0.4, -0.2) is 32.4 Å². The number of hydrogen-bond acceptors (Lipinski definition) is 6. The van der Waals surface area contributed by atoms with Crippen LogP contribution in [0.5, 0.6) is 5.75 Å². The summed E-state index contributed by atoms with van der Waals surface area (Å²) in [5.74, 6) is 0.228. The number of aromatic hydroxyl groups is 1. The summed E-state index contributed by atoms with van der Waals surface area (Å²) in [7, 11) is 0. The van der Waals surface area contributed by atoms with E-state index in [9.17, 15) is 9.90 Å². The Labute approximate surface area is 140 Å². The number of para-hydroxylation sites is 1. The number of phenols is 1. The normalized spacial score (nSPS) is 16.5. The molecule has 1 atom stereocenters. The van der Waals surface area contributed by atoms with Crippen molar-refractivity contribution in [3.8, 4) is 5.75 Å². The number of nitrogens with one attached hydrogen (secondary N) is 1. The molecular formula is C17H20N4O3. The third kappa shape index (κ3) is 2.73. The van der Waals surface area contributed by atoms with Crippen LogP contribution in [0.1, 0.15) is 38.3 Å². The predicted molar refractivity (Wildman–Crippen MR) is 88.5 cm³/mol. The number of allylic oxidation sites excluding steroid dienone is 1. The first-order valence-electron chi connectivity index (χ1n) is 8.01. The number of anilines is 1. The number of rotatable bonds is 5. The minimum atomic E-state index is -0.578. The van der Waals surface area contributed by atoms with Gasteiger partial charge in [-0.15, -0.1) is 0 Å². The number of fused-ring (bicyclic) bond motifs is 1. The molecule has 3 rings (SSSR count). The number of carbonyl (C=O) groups excluding carboxylic acids is 1. The minimum Gasteiger partial charge on any atom is -0.508 e. The highest BCUT2D eigenvalue weighted by atomic mass is 16.5. The van der Waals surface area contributed by atoms with Crippen LogP contribution >= 0.6 is 0 Å². The molecule has 0 bridgehead atoms. The van der Waals surface area contributed by atoms with Crippen LogP contribution in [0.25, 0.3) is 0 Å². The summed E-state index contributed by atoms with van der Waals surface area (Å²) in [4.78, 5) is 16.9. The Morgan fingerprint density at radius 3 is 2.88 bits per heavy atom. The van der Waals surface area contributed by atoms with Crippen LogP contribution in [-0.2, 0) is 9.53 Å². The van der Waals surface area contributed by atoms with E-state index in [0.29, 0.717) is 23.5 Å². The van der Waals surface area contributed by atoms with Crippen molar-refractivity contribution in [3.63, 3.8) is 0 Å². The van der Waals surface area contributed by atoms with E-state index in [2.05, 4.69) is 15.4 Å². The molecular weight excluding hydrogens is 308 g/mol. The Morgan fingerprint density at radius 1 is 1.38 bits per heavy atom. The van der Waals surface area contributed by atoms with Gasteiger partial charge in [0.1, 0.15) is 18.1 Å². The molecule has 2 N–H and O–H groups in total. The molecule has 1 aliphatic rings. The lowest BCUT2D eigenvalue weighted by atomic mass is 9.93. The molecule has 0 saturated heterocycles. The number of ether oxygens (including phenoxy) is 1. The van der Waals surface area contributed by atoms with Crippen molar-refractivity contribution in [2.45, 2.75) is 32.7 Å². The van der Waals surface area contributed by atoms with Gasteiger partial charge in [0.2, 0.25) is 5.95 Å². The van der Waals surface area contributed by atoms with Gasteiger partial charge in [-0.25, -0.2) is 9.48 Å².